The number of carbonyl (C=O) groups excluding carboxylic acids is 3. The summed E-state index contributed by atoms with van der Waals surface area (Å²) in [4.78, 5) is 45.8. The zero-order valence-electron chi connectivity index (χ0n) is 14.8. The fourth-order valence-electron chi connectivity index (χ4n) is 3.76. The Bertz CT molecular complexity index is 1040. The van der Waals surface area contributed by atoms with Crippen molar-refractivity contribution in [1.82, 2.24) is 14.9 Å². The van der Waals surface area contributed by atoms with E-state index in [1.807, 2.05) is 0 Å². The Kier molecular flexibility index (Phi) is 4.21. The van der Waals surface area contributed by atoms with Gasteiger partial charge in [0, 0.05) is 18.4 Å². The third-order valence-corrected chi connectivity index (χ3v) is 4.98. The molecule has 1 aromatic carbocycles. The van der Waals surface area contributed by atoms with Gasteiger partial charge in [-0.3, -0.25) is 24.6 Å². The van der Waals surface area contributed by atoms with Crippen LogP contribution < -0.4 is 10.8 Å². The summed E-state index contributed by atoms with van der Waals surface area (Å²) in [5, 5.41) is 2.23. The largest absolute Gasteiger partial charge is 0.293 e. The maximum absolute atomic E-state index is 13.7. The van der Waals surface area contributed by atoms with Gasteiger partial charge in [0.15, 0.2) is 5.82 Å². The van der Waals surface area contributed by atoms with Gasteiger partial charge in [-0.05, 0) is 11.6 Å². The molecule has 0 bridgehead atoms. The number of carbonyl (C=O) groups is 3. The molecule has 2 heterocycles. The summed E-state index contributed by atoms with van der Waals surface area (Å²) in [6.45, 7) is -0.727. The number of anilines is 1. The van der Waals surface area contributed by atoms with Gasteiger partial charge in [-0.2, -0.15) is 0 Å². The highest BCUT2D eigenvalue weighted by Crippen LogP contribution is 2.56. The zero-order valence-corrected chi connectivity index (χ0v) is 14.8. The van der Waals surface area contributed by atoms with E-state index >= 15 is 0 Å². The number of aromatic nitrogens is 2. The lowest BCUT2D eigenvalue weighted by atomic mass is 9.58. The lowest BCUT2D eigenvalue weighted by molar-refractivity contribution is -0.167. The van der Waals surface area contributed by atoms with Gasteiger partial charge in [-0.1, -0.05) is 17.6 Å². The monoisotopic (exact) mass is 400 g/mol. The van der Waals surface area contributed by atoms with Crippen LogP contribution in [0.15, 0.2) is 30.6 Å². The highest BCUT2D eigenvalue weighted by Gasteiger charge is 2.65. The molecule has 2 aliphatic rings. The molecule has 2 radical (unpaired) electrons. The van der Waals surface area contributed by atoms with Crippen LogP contribution in [0.1, 0.15) is 28.8 Å². The van der Waals surface area contributed by atoms with E-state index in [-0.39, 0.29) is 22.5 Å². The number of hydrogen-bond donors (Lipinski definition) is 1. The molecule has 1 spiro atoms. The van der Waals surface area contributed by atoms with Crippen molar-refractivity contribution < 1.29 is 27.6 Å². The van der Waals surface area contributed by atoms with Crippen LogP contribution in [-0.4, -0.2) is 52.9 Å². The number of imide groups is 1. The van der Waals surface area contributed by atoms with Crippen molar-refractivity contribution in [3.05, 3.63) is 47.5 Å². The number of nitrogens with one attached hydrogen (secondary N) is 1. The molecule has 2 aromatic rings. The molecule has 11 heteroatoms. The van der Waals surface area contributed by atoms with Gasteiger partial charge >= 0.3 is 0 Å². The molecule has 0 unspecified atom stereocenters. The van der Waals surface area contributed by atoms with Crippen molar-refractivity contribution in [2.45, 2.75) is 24.2 Å². The van der Waals surface area contributed by atoms with Gasteiger partial charge in [0.1, 0.15) is 14.4 Å². The van der Waals surface area contributed by atoms with E-state index in [0.717, 1.165) is 12.4 Å². The van der Waals surface area contributed by atoms with Gasteiger partial charge in [0.2, 0.25) is 17.8 Å². The lowest BCUT2D eigenvalue weighted by Gasteiger charge is -2.50. The van der Waals surface area contributed by atoms with E-state index in [0.29, 0.717) is 4.90 Å². The summed E-state index contributed by atoms with van der Waals surface area (Å²) in [6, 6.07) is 4.12. The Morgan fingerprint density at radius 3 is 2.48 bits per heavy atom. The maximum atomic E-state index is 13.7. The number of benzene rings is 1. The van der Waals surface area contributed by atoms with Gasteiger partial charge in [0.25, 0.3) is 11.8 Å². The van der Waals surface area contributed by atoms with Crippen molar-refractivity contribution in [2.75, 3.05) is 11.9 Å². The average Bonchev–Trinajstić information content (AvgIpc) is 2.63. The minimum absolute atomic E-state index is 0.0418. The first-order valence-electron chi connectivity index (χ1n) is 8.53. The number of halogens is 3. The second kappa shape index (κ2) is 6.40. The van der Waals surface area contributed by atoms with Crippen LogP contribution in [-0.2, 0) is 15.0 Å². The summed E-state index contributed by atoms with van der Waals surface area (Å²) >= 11 is 0. The summed E-state index contributed by atoms with van der Waals surface area (Å²) in [5.41, 5.74) is -1.19. The Hall–Kier alpha value is -3.24. The molecule has 3 amide bonds. The van der Waals surface area contributed by atoms with Crippen molar-refractivity contribution in [1.29, 1.82) is 0 Å². The Morgan fingerprint density at radius 2 is 1.86 bits per heavy atom. The van der Waals surface area contributed by atoms with Crippen LogP contribution in [0.4, 0.5) is 19.1 Å². The molecule has 1 fully saturated rings. The molecule has 1 aliphatic heterocycles. The topological polar surface area (TPSA) is 92.3 Å². The van der Waals surface area contributed by atoms with Crippen LogP contribution in [0.5, 0.6) is 0 Å². The summed E-state index contributed by atoms with van der Waals surface area (Å²) < 4.78 is 40.3. The van der Waals surface area contributed by atoms with Crippen molar-refractivity contribution >= 4 is 37.0 Å². The van der Waals surface area contributed by atoms with Crippen molar-refractivity contribution in [3.8, 4) is 0 Å². The quantitative estimate of drug-likeness (QED) is 0.605. The molecule has 1 aliphatic carbocycles. The Morgan fingerprint density at radius 1 is 1.21 bits per heavy atom. The summed E-state index contributed by atoms with van der Waals surface area (Å²) in [5.74, 6) is -6.52. The van der Waals surface area contributed by atoms with Gasteiger partial charge in [-0.15, -0.1) is 0 Å². The number of amides is 3. The fraction of sp³-hybridized carbons (Fsp3) is 0.278. The van der Waals surface area contributed by atoms with E-state index in [9.17, 15) is 27.6 Å². The van der Waals surface area contributed by atoms with Crippen LogP contribution >= 0.6 is 0 Å². The van der Waals surface area contributed by atoms with Gasteiger partial charge < -0.3 is 0 Å². The molecule has 29 heavy (non-hydrogen) atoms. The van der Waals surface area contributed by atoms with E-state index in [1.165, 1.54) is 18.2 Å². The normalized spacial score (nSPS) is 18.9. The van der Waals surface area contributed by atoms with Crippen molar-refractivity contribution in [2.24, 2.45) is 0 Å². The highest BCUT2D eigenvalue weighted by atomic mass is 19.3. The molecule has 1 aromatic heterocycles. The third kappa shape index (κ3) is 3.16. The smallest absolute Gasteiger partial charge is 0.261 e. The Balaban J connectivity index is 1.63. The molecule has 7 nitrogen and oxygen atoms in total. The molecular formula is C18H12BF3N4O3. The molecule has 146 valence electrons. The van der Waals surface area contributed by atoms with Crippen LogP contribution in [0, 0.1) is 5.82 Å². The SMILES string of the molecule is [B]c1ccc2c(c1)C1(CC(F)(F)C1)C(=O)N(CC(=O)Nc1ncc(F)cn1)C2=O. The first kappa shape index (κ1) is 19.1. The number of fused-ring (bicyclic) bond motifs is 2. The molecular weight excluding hydrogens is 388 g/mol. The second-order valence-corrected chi connectivity index (χ2v) is 7.07. The molecule has 4 rings (SSSR count). The van der Waals surface area contributed by atoms with E-state index in [2.05, 4.69) is 15.3 Å². The maximum Gasteiger partial charge on any atom is 0.261 e. The standard InChI is InChI=1S/C18H12BF3N4O3/c19-9-1-2-11-12(3-9)17(7-18(21,22)8-17)15(29)26(14(11)28)6-13(27)25-16-23-4-10(20)5-24-16/h1-5H,6-8H2,(H,23,24,25,27). The van der Waals surface area contributed by atoms with Crippen LogP contribution in [0.25, 0.3) is 0 Å². The number of hydrogen-bond acceptors (Lipinski definition) is 5. The number of alkyl halides is 2. The summed E-state index contributed by atoms with van der Waals surface area (Å²) in [7, 11) is 5.72. The van der Waals surface area contributed by atoms with Crippen LogP contribution in [0.2, 0.25) is 0 Å². The predicted octanol–water partition coefficient (Wildman–Crippen LogP) is 0.698. The number of rotatable bonds is 3. The lowest BCUT2D eigenvalue weighted by Crippen LogP contribution is -2.64. The fourth-order valence-corrected chi connectivity index (χ4v) is 3.76. The minimum Gasteiger partial charge on any atom is -0.293 e. The molecule has 1 N–H and O–H groups in total. The van der Waals surface area contributed by atoms with E-state index < -0.39 is 54.3 Å². The van der Waals surface area contributed by atoms with Crippen LogP contribution in [0.3, 0.4) is 0 Å². The molecule has 0 saturated heterocycles. The zero-order chi connectivity index (χ0) is 21.0. The van der Waals surface area contributed by atoms with E-state index in [4.69, 9.17) is 7.85 Å². The minimum atomic E-state index is -3.06. The van der Waals surface area contributed by atoms with Gasteiger partial charge in [0.05, 0.1) is 17.8 Å². The van der Waals surface area contributed by atoms with Crippen molar-refractivity contribution in [3.63, 3.8) is 0 Å². The predicted molar refractivity (Wildman–Crippen MR) is 94.4 cm³/mol. The van der Waals surface area contributed by atoms with E-state index in [1.54, 1.807) is 0 Å². The first-order chi connectivity index (χ1) is 13.6. The number of nitrogens with zero attached hydrogens (tertiary/aromatic N) is 3. The third-order valence-electron chi connectivity index (χ3n) is 4.98. The molecule has 1 saturated carbocycles. The summed E-state index contributed by atoms with van der Waals surface area (Å²) in [6.07, 6.45) is 0.0985. The Labute approximate surface area is 163 Å². The first-order valence-corrected chi connectivity index (χ1v) is 8.53. The average molecular weight is 400 g/mol. The highest BCUT2D eigenvalue weighted by molar-refractivity contribution is 6.32. The molecule has 0 atom stereocenters. The van der Waals surface area contributed by atoms with Gasteiger partial charge in [-0.25, -0.2) is 23.1 Å². The second-order valence-electron chi connectivity index (χ2n) is 7.07.